The van der Waals surface area contributed by atoms with Crippen LogP contribution >= 0.6 is 11.8 Å². The van der Waals surface area contributed by atoms with Gasteiger partial charge in [-0.3, -0.25) is 9.79 Å². The molecule has 0 aromatic heterocycles. The normalized spacial score (nSPS) is 12.3. The summed E-state index contributed by atoms with van der Waals surface area (Å²) in [6, 6.07) is 19.7. The Morgan fingerprint density at radius 2 is 1.68 bits per heavy atom. The van der Waals surface area contributed by atoms with Gasteiger partial charge in [-0.25, -0.2) is 0 Å². The number of carbonyl (C=O) groups excluding carboxylic acids is 1. The minimum atomic E-state index is -0.110. The SMILES string of the molecule is CN=C(NCC(=O)Nc1ccccc1)NCC(C)Sc1ccccc1. The highest BCUT2D eigenvalue weighted by molar-refractivity contribution is 8.00. The number of amides is 1. The molecule has 3 N–H and O–H groups in total. The predicted molar refractivity (Wildman–Crippen MR) is 106 cm³/mol. The molecule has 0 heterocycles. The van der Waals surface area contributed by atoms with Gasteiger partial charge in [0.1, 0.15) is 0 Å². The van der Waals surface area contributed by atoms with Gasteiger partial charge in [0.05, 0.1) is 6.54 Å². The van der Waals surface area contributed by atoms with Crippen molar-refractivity contribution in [3.63, 3.8) is 0 Å². The first-order valence-electron chi connectivity index (χ1n) is 8.18. The number of aliphatic imine (C=N–C) groups is 1. The highest BCUT2D eigenvalue weighted by Crippen LogP contribution is 2.21. The number of para-hydroxylation sites is 1. The van der Waals surface area contributed by atoms with Gasteiger partial charge in [-0.2, -0.15) is 0 Å². The maximum atomic E-state index is 12.0. The standard InChI is InChI=1S/C19H24N4OS/c1-15(25-17-11-7-4-8-12-17)13-21-19(20-2)22-14-18(24)23-16-9-5-3-6-10-16/h3-12,15H,13-14H2,1-2H3,(H,23,24)(H2,20,21,22). The van der Waals surface area contributed by atoms with Crippen molar-refractivity contribution in [2.45, 2.75) is 17.1 Å². The molecule has 6 heteroatoms. The Morgan fingerprint density at radius 1 is 1.04 bits per heavy atom. The van der Waals surface area contributed by atoms with Crippen LogP contribution in [0.25, 0.3) is 0 Å². The molecule has 0 radical (unpaired) electrons. The molecule has 0 bridgehead atoms. The van der Waals surface area contributed by atoms with Crippen LogP contribution < -0.4 is 16.0 Å². The molecule has 0 saturated carbocycles. The van der Waals surface area contributed by atoms with E-state index < -0.39 is 0 Å². The average Bonchev–Trinajstić information content (AvgIpc) is 2.63. The van der Waals surface area contributed by atoms with Crippen LogP contribution in [0.2, 0.25) is 0 Å². The Hall–Kier alpha value is -2.47. The molecule has 1 unspecified atom stereocenters. The van der Waals surface area contributed by atoms with Crippen molar-refractivity contribution in [3.05, 3.63) is 60.7 Å². The van der Waals surface area contributed by atoms with Crippen LogP contribution in [0.3, 0.4) is 0 Å². The van der Waals surface area contributed by atoms with E-state index in [4.69, 9.17) is 0 Å². The molecule has 0 saturated heterocycles. The van der Waals surface area contributed by atoms with E-state index in [1.54, 1.807) is 18.8 Å². The monoisotopic (exact) mass is 356 g/mol. The third-order valence-corrected chi connectivity index (χ3v) is 4.45. The maximum absolute atomic E-state index is 12.0. The van der Waals surface area contributed by atoms with Gasteiger partial charge < -0.3 is 16.0 Å². The van der Waals surface area contributed by atoms with E-state index in [1.807, 2.05) is 48.5 Å². The summed E-state index contributed by atoms with van der Waals surface area (Å²) in [5, 5.41) is 9.48. The second-order valence-electron chi connectivity index (χ2n) is 5.46. The fourth-order valence-electron chi connectivity index (χ4n) is 2.12. The quantitative estimate of drug-likeness (QED) is 0.405. The topological polar surface area (TPSA) is 65.5 Å². The first-order valence-corrected chi connectivity index (χ1v) is 9.06. The number of carbonyl (C=O) groups is 1. The molecular formula is C19H24N4OS. The number of benzene rings is 2. The summed E-state index contributed by atoms with van der Waals surface area (Å²) in [5.41, 5.74) is 0.783. The van der Waals surface area contributed by atoms with E-state index in [9.17, 15) is 4.79 Å². The molecule has 0 aliphatic carbocycles. The Morgan fingerprint density at radius 3 is 2.32 bits per heavy atom. The van der Waals surface area contributed by atoms with Crippen LogP contribution in [0.1, 0.15) is 6.92 Å². The van der Waals surface area contributed by atoms with Crippen molar-refractivity contribution in [2.24, 2.45) is 4.99 Å². The lowest BCUT2D eigenvalue weighted by atomic mass is 10.3. The first kappa shape index (κ1) is 18.9. The minimum Gasteiger partial charge on any atom is -0.355 e. The van der Waals surface area contributed by atoms with E-state index >= 15 is 0 Å². The van der Waals surface area contributed by atoms with Gasteiger partial charge in [0.2, 0.25) is 5.91 Å². The fourth-order valence-corrected chi connectivity index (χ4v) is 3.07. The molecule has 0 aliphatic rings. The Labute approximate surface area is 153 Å². The van der Waals surface area contributed by atoms with E-state index in [-0.39, 0.29) is 12.5 Å². The van der Waals surface area contributed by atoms with Crippen LogP contribution in [0.4, 0.5) is 5.69 Å². The summed E-state index contributed by atoms with van der Waals surface area (Å²) in [6.07, 6.45) is 0. The van der Waals surface area contributed by atoms with Gasteiger partial charge in [0.25, 0.3) is 0 Å². The minimum absolute atomic E-state index is 0.110. The van der Waals surface area contributed by atoms with Crippen LogP contribution in [0.5, 0.6) is 0 Å². The molecule has 2 rings (SSSR count). The van der Waals surface area contributed by atoms with Gasteiger partial charge in [0.15, 0.2) is 5.96 Å². The summed E-state index contributed by atoms with van der Waals surface area (Å²) in [7, 11) is 1.69. The fraction of sp³-hybridized carbons (Fsp3) is 0.263. The van der Waals surface area contributed by atoms with Gasteiger partial charge in [0, 0.05) is 29.4 Å². The van der Waals surface area contributed by atoms with Crippen molar-refractivity contribution < 1.29 is 4.79 Å². The summed E-state index contributed by atoms with van der Waals surface area (Å²) < 4.78 is 0. The van der Waals surface area contributed by atoms with E-state index in [2.05, 4.69) is 40.0 Å². The number of nitrogens with zero attached hydrogens (tertiary/aromatic N) is 1. The first-order chi connectivity index (χ1) is 12.2. The molecular weight excluding hydrogens is 332 g/mol. The van der Waals surface area contributed by atoms with Crippen molar-refractivity contribution in [1.82, 2.24) is 10.6 Å². The lowest BCUT2D eigenvalue weighted by molar-refractivity contribution is -0.115. The van der Waals surface area contributed by atoms with E-state index in [1.165, 1.54) is 4.90 Å². The Bertz CT molecular complexity index is 676. The summed E-state index contributed by atoms with van der Waals surface area (Å²) >= 11 is 1.80. The molecule has 132 valence electrons. The van der Waals surface area contributed by atoms with E-state index in [0.29, 0.717) is 11.2 Å². The van der Waals surface area contributed by atoms with Crippen molar-refractivity contribution in [3.8, 4) is 0 Å². The highest BCUT2D eigenvalue weighted by Gasteiger charge is 2.07. The van der Waals surface area contributed by atoms with Crippen molar-refractivity contribution in [1.29, 1.82) is 0 Å². The second-order valence-corrected chi connectivity index (χ2v) is 6.97. The van der Waals surface area contributed by atoms with Crippen LogP contribution in [-0.2, 0) is 4.79 Å². The average molecular weight is 356 g/mol. The third kappa shape index (κ3) is 7.30. The van der Waals surface area contributed by atoms with E-state index in [0.717, 1.165) is 12.2 Å². The number of rotatable bonds is 7. The van der Waals surface area contributed by atoms with Gasteiger partial charge in [-0.05, 0) is 24.3 Å². The number of hydrogen-bond acceptors (Lipinski definition) is 3. The zero-order chi connectivity index (χ0) is 17.9. The maximum Gasteiger partial charge on any atom is 0.243 e. The number of hydrogen-bond donors (Lipinski definition) is 3. The number of thioether (sulfide) groups is 1. The third-order valence-electron chi connectivity index (χ3n) is 3.33. The summed E-state index contributed by atoms with van der Waals surface area (Å²) in [4.78, 5) is 17.3. The zero-order valence-electron chi connectivity index (χ0n) is 14.5. The molecule has 5 nitrogen and oxygen atoms in total. The molecule has 0 spiro atoms. The predicted octanol–water partition coefficient (Wildman–Crippen LogP) is 2.97. The summed E-state index contributed by atoms with van der Waals surface area (Å²) in [6.45, 7) is 3.06. The zero-order valence-corrected chi connectivity index (χ0v) is 15.3. The highest BCUT2D eigenvalue weighted by atomic mass is 32.2. The molecule has 2 aromatic carbocycles. The molecule has 1 atom stereocenters. The van der Waals surface area contributed by atoms with Gasteiger partial charge in [-0.15, -0.1) is 11.8 Å². The second kappa shape index (κ2) is 10.4. The van der Waals surface area contributed by atoms with Crippen molar-refractivity contribution in [2.75, 3.05) is 25.5 Å². The Balaban J connectivity index is 1.70. The molecule has 0 fully saturated rings. The van der Waals surface area contributed by atoms with Crippen molar-refractivity contribution >= 4 is 29.3 Å². The lowest BCUT2D eigenvalue weighted by Crippen LogP contribution is -2.43. The Kier molecular flexibility index (Phi) is 7.85. The lowest BCUT2D eigenvalue weighted by Gasteiger charge is -2.16. The number of anilines is 1. The summed E-state index contributed by atoms with van der Waals surface area (Å²) in [5.74, 6) is 0.504. The molecule has 2 aromatic rings. The molecule has 1 amide bonds. The largest absolute Gasteiger partial charge is 0.355 e. The van der Waals surface area contributed by atoms with Gasteiger partial charge in [-0.1, -0.05) is 43.3 Å². The number of nitrogens with one attached hydrogen (secondary N) is 3. The molecule has 25 heavy (non-hydrogen) atoms. The number of guanidine groups is 1. The smallest absolute Gasteiger partial charge is 0.243 e. The van der Waals surface area contributed by atoms with Crippen LogP contribution in [0, 0.1) is 0 Å². The van der Waals surface area contributed by atoms with Crippen LogP contribution in [0.15, 0.2) is 70.6 Å². The van der Waals surface area contributed by atoms with Crippen LogP contribution in [-0.4, -0.2) is 37.3 Å². The molecule has 0 aliphatic heterocycles. The van der Waals surface area contributed by atoms with Gasteiger partial charge >= 0.3 is 0 Å².